The van der Waals surface area contributed by atoms with E-state index >= 15 is 0 Å². The average molecular weight is 400 g/mol. The topological polar surface area (TPSA) is 60.5 Å². The lowest BCUT2D eigenvalue weighted by Gasteiger charge is -2.37. The SMILES string of the molecule is CCCC[C@@H](c1nnnn1C1CCCC1)[NH+]1CCN(c2ccc(OC)cc2)CC1. The van der Waals surface area contributed by atoms with Crippen LogP contribution < -0.4 is 14.5 Å². The molecular formula is C22H35N6O+. The first-order valence-corrected chi connectivity index (χ1v) is 11.3. The first-order valence-electron chi connectivity index (χ1n) is 11.3. The summed E-state index contributed by atoms with van der Waals surface area (Å²) in [7, 11) is 1.72. The molecule has 1 aliphatic heterocycles. The van der Waals surface area contributed by atoms with Gasteiger partial charge >= 0.3 is 0 Å². The van der Waals surface area contributed by atoms with Crippen molar-refractivity contribution in [3.8, 4) is 5.75 Å². The monoisotopic (exact) mass is 399 g/mol. The number of nitrogens with zero attached hydrogens (tertiary/aromatic N) is 5. The summed E-state index contributed by atoms with van der Waals surface area (Å²) in [4.78, 5) is 4.12. The summed E-state index contributed by atoms with van der Waals surface area (Å²) >= 11 is 0. The van der Waals surface area contributed by atoms with Crippen molar-refractivity contribution in [2.24, 2.45) is 0 Å². The molecule has 2 aromatic rings. The maximum Gasteiger partial charge on any atom is 0.209 e. The van der Waals surface area contributed by atoms with Gasteiger partial charge in [0.2, 0.25) is 5.82 Å². The zero-order chi connectivity index (χ0) is 20.1. The van der Waals surface area contributed by atoms with E-state index in [0.717, 1.165) is 37.8 Å². The first kappa shape index (κ1) is 20.1. The predicted octanol–water partition coefficient (Wildman–Crippen LogP) is 2.43. The molecule has 1 saturated carbocycles. The molecule has 0 radical (unpaired) electrons. The Kier molecular flexibility index (Phi) is 6.64. The minimum Gasteiger partial charge on any atom is -0.497 e. The Morgan fingerprint density at radius 2 is 1.86 bits per heavy atom. The van der Waals surface area contributed by atoms with Gasteiger partial charge in [-0.05, 0) is 54.0 Å². The lowest BCUT2D eigenvalue weighted by atomic mass is 10.1. The molecule has 2 fully saturated rings. The average Bonchev–Trinajstić information content (AvgIpc) is 3.47. The standard InChI is InChI=1S/C22H34N6O/c1-3-4-9-21(22-23-24-25-28(22)19-7-5-6-8-19)27-16-14-26(15-17-27)18-10-12-20(29-2)13-11-18/h10-13,19,21H,3-9,14-17H2,1-2H3/p+1/t21-/m0/s1. The molecule has 1 aromatic heterocycles. The van der Waals surface area contributed by atoms with Gasteiger partial charge in [0.15, 0.2) is 0 Å². The Balaban J connectivity index is 1.45. The van der Waals surface area contributed by atoms with Crippen molar-refractivity contribution in [2.45, 2.75) is 64.0 Å². The van der Waals surface area contributed by atoms with Gasteiger partial charge in [-0.25, -0.2) is 4.68 Å². The summed E-state index contributed by atoms with van der Waals surface area (Å²) in [5.41, 5.74) is 1.28. The molecule has 1 saturated heterocycles. The zero-order valence-corrected chi connectivity index (χ0v) is 17.9. The van der Waals surface area contributed by atoms with Gasteiger partial charge in [-0.15, -0.1) is 5.10 Å². The van der Waals surface area contributed by atoms with E-state index in [1.807, 2.05) is 12.1 Å². The number of quaternary nitrogens is 1. The molecule has 1 N–H and O–H groups in total. The Morgan fingerprint density at radius 3 is 2.52 bits per heavy atom. The molecular weight excluding hydrogens is 364 g/mol. The first-order chi connectivity index (χ1) is 14.3. The molecule has 2 heterocycles. The lowest BCUT2D eigenvalue weighted by molar-refractivity contribution is -0.933. The van der Waals surface area contributed by atoms with Crippen LogP contribution in [0, 0.1) is 0 Å². The van der Waals surface area contributed by atoms with Crippen molar-refractivity contribution < 1.29 is 9.64 Å². The largest absolute Gasteiger partial charge is 0.497 e. The second-order valence-corrected chi connectivity index (χ2v) is 8.46. The van der Waals surface area contributed by atoms with Crippen LogP contribution in [-0.2, 0) is 0 Å². The number of nitrogens with one attached hydrogen (secondary N) is 1. The summed E-state index contributed by atoms with van der Waals surface area (Å²) in [5.74, 6) is 2.04. The van der Waals surface area contributed by atoms with E-state index in [-0.39, 0.29) is 0 Å². The van der Waals surface area contributed by atoms with Crippen LogP contribution in [0.25, 0.3) is 0 Å². The number of rotatable bonds is 8. The van der Waals surface area contributed by atoms with Crippen molar-refractivity contribution in [1.29, 1.82) is 0 Å². The molecule has 7 nitrogen and oxygen atoms in total. The summed E-state index contributed by atoms with van der Waals surface area (Å²) < 4.78 is 7.47. The zero-order valence-electron chi connectivity index (χ0n) is 17.9. The fourth-order valence-corrected chi connectivity index (χ4v) is 4.96. The van der Waals surface area contributed by atoms with Gasteiger partial charge in [0.25, 0.3) is 0 Å². The molecule has 0 bridgehead atoms. The van der Waals surface area contributed by atoms with E-state index in [4.69, 9.17) is 4.74 Å². The number of piperazine rings is 1. The van der Waals surface area contributed by atoms with Crippen LogP contribution in [0.3, 0.4) is 0 Å². The molecule has 7 heteroatoms. The maximum absolute atomic E-state index is 5.29. The number of aromatic nitrogens is 4. The number of hydrogen-bond acceptors (Lipinski definition) is 5. The molecule has 29 heavy (non-hydrogen) atoms. The number of benzene rings is 1. The second-order valence-electron chi connectivity index (χ2n) is 8.46. The second kappa shape index (κ2) is 9.57. The van der Waals surface area contributed by atoms with E-state index in [2.05, 4.69) is 44.2 Å². The van der Waals surface area contributed by atoms with Crippen LogP contribution in [0.2, 0.25) is 0 Å². The minimum atomic E-state index is 0.406. The summed E-state index contributed by atoms with van der Waals surface area (Å²) in [6.45, 7) is 6.65. The van der Waals surface area contributed by atoms with E-state index in [1.165, 1.54) is 50.6 Å². The third-order valence-electron chi connectivity index (χ3n) is 6.68. The van der Waals surface area contributed by atoms with Crippen LogP contribution >= 0.6 is 0 Å². The molecule has 158 valence electrons. The highest BCUT2D eigenvalue weighted by Crippen LogP contribution is 2.30. The van der Waals surface area contributed by atoms with Crippen LogP contribution in [0.15, 0.2) is 24.3 Å². The number of hydrogen-bond donors (Lipinski definition) is 1. The quantitative estimate of drug-likeness (QED) is 0.739. The van der Waals surface area contributed by atoms with E-state index in [0.29, 0.717) is 12.1 Å². The third kappa shape index (κ3) is 4.55. The van der Waals surface area contributed by atoms with Gasteiger partial charge < -0.3 is 14.5 Å². The predicted molar refractivity (Wildman–Crippen MR) is 113 cm³/mol. The van der Waals surface area contributed by atoms with Crippen molar-refractivity contribution in [2.75, 3.05) is 38.2 Å². The minimum absolute atomic E-state index is 0.406. The van der Waals surface area contributed by atoms with Crippen LogP contribution in [0.1, 0.15) is 69.8 Å². The number of ether oxygens (including phenoxy) is 1. The van der Waals surface area contributed by atoms with Gasteiger partial charge in [0, 0.05) is 12.1 Å². The van der Waals surface area contributed by atoms with Crippen molar-refractivity contribution in [1.82, 2.24) is 20.2 Å². The molecule has 1 aliphatic carbocycles. The molecule has 4 rings (SSSR count). The Bertz CT molecular complexity index is 747. The van der Waals surface area contributed by atoms with Gasteiger partial charge in [0.1, 0.15) is 11.8 Å². The molecule has 2 aliphatic rings. The van der Waals surface area contributed by atoms with Crippen LogP contribution in [-0.4, -0.2) is 53.5 Å². The van der Waals surface area contributed by atoms with Gasteiger partial charge in [0.05, 0.1) is 39.3 Å². The van der Waals surface area contributed by atoms with Crippen LogP contribution in [0.5, 0.6) is 5.75 Å². The molecule has 1 atom stereocenters. The number of tetrazole rings is 1. The van der Waals surface area contributed by atoms with Crippen molar-refractivity contribution in [3.05, 3.63) is 30.1 Å². The van der Waals surface area contributed by atoms with Gasteiger partial charge in [-0.3, -0.25) is 0 Å². The molecule has 0 amide bonds. The Labute approximate surface area is 174 Å². The van der Waals surface area contributed by atoms with Gasteiger partial charge in [-0.1, -0.05) is 26.2 Å². The highest BCUT2D eigenvalue weighted by atomic mass is 16.5. The lowest BCUT2D eigenvalue weighted by Crippen LogP contribution is -3.15. The van der Waals surface area contributed by atoms with Crippen molar-refractivity contribution in [3.63, 3.8) is 0 Å². The Hall–Kier alpha value is -2.15. The fraction of sp³-hybridized carbons (Fsp3) is 0.682. The van der Waals surface area contributed by atoms with E-state index in [1.54, 1.807) is 12.0 Å². The van der Waals surface area contributed by atoms with E-state index < -0.39 is 0 Å². The number of methoxy groups -OCH3 is 1. The molecule has 0 unspecified atom stereocenters. The maximum atomic E-state index is 5.29. The number of anilines is 1. The van der Waals surface area contributed by atoms with Crippen molar-refractivity contribution >= 4 is 5.69 Å². The number of unbranched alkanes of at least 4 members (excludes halogenated alkanes) is 1. The van der Waals surface area contributed by atoms with Gasteiger partial charge in [-0.2, -0.15) is 0 Å². The normalized spacial score (nSPS) is 19.6. The third-order valence-corrected chi connectivity index (χ3v) is 6.68. The van der Waals surface area contributed by atoms with Crippen LogP contribution in [0.4, 0.5) is 5.69 Å². The Morgan fingerprint density at radius 1 is 1.14 bits per heavy atom. The highest BCUT2D eigenvalue weighted by Gasteiger charge is 2.34. The summed E-state index contributed by atoms with van der Waals surface area (Å²) in [5, 5.41) is 13.1. The summed E-state index contributed by atoms with van der Waals surface area (Å²) in [6, 6.07) is 9.34. The molecule has 0 spiro atoms. The fourth-order valence-electron chi connectivity index (χ4n) is 4.96. The van der Waals surface area contributed by atoms with E-state index in [9.17, 15) is 0 Å². The molecule has 1 aromatic carbocycles. The summed E-state index contributed by atoms with van der Waals surface area (Å²) in [6.07, 6.45) is 8.66. The smallest absolute Gasteiger partial charge is 0.209 e. The highest BCUT2D eigenvalue weighted by molar-refractivity contribution is 5.49.